The Labute approximate surface area is 118 Å². The SMILES string of the molecule is CC(C)Cn1c(=O)c2[nH]c(CCBr)nc2n(C)c1=O. The number of fused-ring (bicyclic) bond motifs is 1. The number of rotatable bonds is 4. The number of hydrogen-bond acceptors (Lipinski definition) is 3. The van der Waals surface area contributed by atoms with Crippen LogP contribution >= 0.6 is 15.9 Å². The molecule has 0 amide bonds. The quantitative estimate of drug-likeness (QED) is 0.851. The van der Waals surface area contributed by atoms with Gasteiger partial charge in [0.15, 0.2) is 5.65 Å². The van der Waals surface area contributed by atoms with Crippen molar-refractivity contribution in [2.75, 3.05) is 5.33 Å². The number of hydrogen-bond donors (Lipinski definition) is 1. The number of aryl methyl sites for hydroxylation is 2. The molecule has 0 radical (unpaired) electrons. The van der Waals surface area contributed by atoms with Crippen LogP contribution < -0.4 is 11.2 Å². The zero-order valence-electron chi connectivity index (χ0n) is 11.2. The van der Waals surface area contributed by atoms with Gasteiger partial charge in [0, 0.05) is 25.3 Å². The zero-order chi connectivity index (χ0) is 14.2. The summed E-state index contributed by atoms with van der Waals surface area (Å²) >= 11 is 3.33. The first-order valence-electron chi connectivity index (χ1n) is 6.20. The summed E-state index contributed by atoms with van der Waals surface area (Å²) in [7, 11) is 1.64. The summed E-state index contributed by atoms with van der Waals surface area (Å²) in [6.45, 7) is 4.35. The minimum absolute atomic E-state index is 0.229. The molecule has 0 aliphatic rings. The number of H-pyrrole nitrogens is 1. The topological polar surface area (TPSA) is 72.7 Å². The van der Waals surface area contributed by atoms with Crippen molar-refractivity contribution in [2.45, 2.75) is 26.8 Å². The maximum atomic E-state index is 12.3. The van der Waals surface area contributed by atoms with Crippen molar-refractivity contribution in [1.29, 1.82) is 0 Å². The average Bonchev–Trinajstić information content (AvgIpc) is 2.76. The molecule has 0 spiro atoms. The number of aromatic nitrogens is 4. The Kier molecular flexibility index (Phi) is 3.93. The van der Waals surface area contributed by atoms with Crippen LogP contribution in [0.4, 0.5) is 0 Å². The molecule has 2 rings (SSSR count). The van der Waals surface area contributed by atoms with Crippen molar-refractivity contribution in [3.63, 3.8) is 0 Å². The standard InChI is InChI=1S/C12H17BrN4O2/c1-7(2)6-17-11(18)9-10(16(3)12(17)19)15-8(14-9)4-5-13/h7H,4-6H2,1-3H3,(H,14,15). The maximum Gasteiger partial charge on any atom is 0.332 e. The van der Waals surface area contributed by atoms with Crippen LogP contribution in [0.25, 0.3) is 11.2 Å². The predicted molar refractivity (Wildman–Crippen MR) is 77.9 cm³/mol. The third-order valence-electron chi connectivity index (χ3n) is 2.91. The van der Waals surface area contributed by atoms with Crippen LogP contribution in [0, 0.1) is 5.92 Å². The summed E-state index contributed by atoms with van der Waals surface area (Å²) < 4.78 is 2.69. The van der Waals surface area contributed by atoms with E-state index < -0.39 is 0 Å². The minimum Gasteiger partial charge on any atom is -0.336 e. The molecule has 104 valence electrons. The molecule has 6 nitrogen and oxygen atoms in total. The van der Waals surface area contributed by atoms with E-state index in [1.807, 2.05) is 13.8 Å². The molecule has 0 bridgehead atoms. The van der Waals surface area contributed by atoms with E-state index in [1.54, 1.807) is 7.05 Å². The second kappa shape index (κ2) is 5.32. The molecular formula is C12H17BrN4O2. The third kappa shape index (κ3) is 2.51. The molecular weight excluding hydrogens is 312 g/mol. The second-order valence-corrected chi connectivity index (χ2v) is 5.77. The predicted octanol–water partition coefficient (Wildman–Crippen LogP) is 1.02. The highest BCUT2D eigenvalue weighted by molar-refractivity contribution is 9.09. The van der Waals surface area contributed by atoms with E-state index in [0.717, 1.165) is 5.33 Å². The van der Waals surface area contributed by atoms with Gasteiger partial charge in [-0.2, -0.15) is 0 Å². The van der Waals surface area contributed by atoms with Gasteiger partial charge in [0.25, 0.3) is 5.56 Å². The first kappa shape index (κ1) is 14.0. The van der Waals surface area contributed by atoms with Crippen molar-refractivity contribution in [2.24, 2.45) is 13.0 Å². The highest BCUT2D eigenvalue weighted by Crippen LogP contribution is 2.06. The number of halogens is 1. The van der Waals surface area contributed by atoms with Gasteiger partial charge in [-0.15, -0.1) is 0 Å². The Morgan fingerprint density at radius 3 is 2.63 bits per heavy atom. The van der Waals surface area contributed by atoms with Gasteiger partial charge < -0.3 is 4.98 Å². The molecule has 2 heterocycles. The minimum atomic E-state index is -0.317. The molecule has 1 N–H and O–H groups in total. The zero-order valence-corrected chi connectivity index (χ0v) is 12.8. The van der Waals surface area contributed by atoms with E-state index in [0.29, 0.717) is 30.0 Å². The fourth-order valence-corrected chi connectivity index (χ4v) is 2.41. The van der Waals surface area contributed by atoms with Crippen LogP contribution in [0.5, 0.6) is 0 Å². The first-order valence-corrected chi connectivity index (χ1v) is 7.32. The Morgan fingerprint density at radius 2 is 2.05 bits per heavy atom. The van der Waals surface area contributed by atoms with E-state index in [1.165, 1.54) is 9.13 Å². The molecule has 7 heteroatoms. The Balaban J connectivity index is 2.73. The Bertz CT molecular complexity index is 711. The monoisotopic (exact) mass is 328 g/mol. The molecule has 2 aromatic heterocycles. The van der Waals surface area contributed by atoms with Gasteiger partial charge in [0.2, 0.25) is 0 Å². The molecule has 19 heavy (non-hydrogen) atoms. The van der Waals surface area contributed by atoms with Gasteiger partial charge in [-0.05, 0) is 5.92 Å². The van der Waals surface area contributed by atoms with E-state index in [2.05, 4.69) is 25.9 Å². The van der Waals surface area contributed by atoms with Crippen molar-refractivity contribution in [1.82, 2.24) is 19.1 Å². The molecule has 0 unspecified atom stereocenters. The third-order valence-corrected chi connectivity index (χ3v) is 3.30. The van der Waals surface area contributed by atoms with Gasteiger partial charge in [0.1, 0.15) is 11.3 Å². The van der Waals surface area contributed by atoms with Crippen LogP contribution in [0.2, 0.25) is 0 Å². The summed E-state index contributed by atoms with van der Waals surface area (Å²) in [4.78, 5) is 31.8. The molecule has 0 saturated carbocycles. The lowest BCUT2D eigenvalue weighted by Gasteiger charge is -2.09. The lowest BCUT2D eigenvalue weighted by Crippen LogP contribution is -2.40. The fraction of sp³-hybridized carbons (Fsp3) is 0.583. The Morgan fingerprint density at radius 1 is 1.37 bits per heavy atom. The summed E-state index contributed by atoms with van der Waals surface area (Å²) in [6, 6.07) is 0. The molecule has 0 fully saturated rings. The normalized spacial score (nSPS) is 11.6. The second-order valence-electron chi connectivity index (χ2n) is 4.97. The summed E-state index contributed by atoms with van der Waals surface area (Å²) in [6.07, 6.45) is 0.687. The van der Waals surface area contributed by atoms with Gasteiger partial charge in [0.05, 0.1) is 0 Å². The van der Waals surface area contributed by atoms with Crippen molar-refractivity contribution in [3.05, 3.63) is 26.7 Å². The maximum absolute atomic E-state index is 12.3. The van der Waals surface area contributed by atoms with Crippen molar-refractivity contribution in [3.8, 4) is 0 Å². The van der Waals surface area contributed by atoms with Crippen LogP contribution in [0.3, 0.4) is 0 Å². The average molecular weight is 329 g/mol. The van der Waals surface area contributed by atoms with E-state index in [9.17, 15) is 9.59 Å². The smallest absolute Gasteiger partial charge is 0.332 e. The molecule has 0 aromatic carbocycles. The number of nitrogens with zero attached hydrogens (tertiary/aromatic N) is 3. The number of imidazole rings is 1. The van der Waals surface area contributed by atoms with Crippen molar-refractivity contribution >= 4 is 27.1 Å². The van der Waals surface area contributed by atoms with E-state index in [4.69, 9.17) is 0 Å². The molecule has 0 saturated heterocycles. The summed E-state index contributed by atoms with van der Waals surface area (Å²) in [5.74, 6) is 0.939. The van der Waals surface area contributed by atoms with Gasteiger partial charge in [-0.1, -0.05) is 29.8 Å². The van der Waals surface area contributed by atoms with Gasteiger partial charge in [-0.3, -0.25) is 13.9 Å². The lowest BCUT2D eigenvalue weighted by atomic mass is 10.2. The largest absolute Gasteiger partial charge is 0.336 e. The van der Waals surface area contributed by atoms with Crippen LogP contribution in [0.15, 0.2) is 9.59 Å². The fourth-order valence-electron chi connectivity index (χ4n) is 2.03. The highest BCUT2D eigenvalue weighted by atomic mass is 79.9. The molecule has 0 aliphatic heterocycles. The lowest BCUT2D eigenvalue weighted by molar-refractivity contribution is 0.484. The molecule has 2 aromatic rings. The number of aromatic amines is 1. The van der Waals surface area contributed by atoms with Crippen LogP contribution in [0.1, 0.15) is 19.7 Å². The first-order chi connectivity index (χ1) is 8.95. The van der Waals surface area contributed by atoms with Crippen LogP contribution in [-0.2, 0) is 20.0 Å². The highest BCUT2D eigenvalue weighted by Gasteiger charge is 2.15. The molecule has 0 atom stereocenters. The van der Waals surface area contributed by atoms with E-state index in [-0.39, 0.29) is 17.2 Å². The van der Waals surface area contributed by atoms with Crippen LogP contribution in [-0.4, -0.2) is 24.4 Å². The van der Waals surface area contributed by atoms with Gasteiger partial charge >= 0.3 is 5.69 Å². The van der Waals surface area contributed by atoms with E-state index >= 15 is 0 Å². The number of alkyl halides is 1. The van der Waals surface area contributed by atoms with Gasteiger partial charge in [-0.25, -0.2) is 9.78 Å². The Hall–Kier alpha value is -1.37. The summed E-state index contributed by atoms with van der Waals surface area (Å²) in [5.41, 5.74) is 0.216. The summed E-state index contributed by atoms with van der Waals surface area (Å²) in [5, 5.41) is 0.751. The number of nitrogens with one attached hydrogen (secondary N) is 1. The molecule has 0 aliphatic carbocycles. The van der Waals surface area contributed by atoms with Crippen molar-refractivity contribution < 1.29 is 0 Å².